The molecule has 0 bridgehead atoms. The Morgan fingerprint density at radius 2 is 1.76 bits per heavy atom. The molecule has 0 saturated heterocycles. The average Bonchev–Trinajstić information content (AvgIpc) is 3.30. The molecule has 3 aromatic rings. The summed E-state index contributed by atoms with van der Waals surface area (Å²) in [6.45, 7) is 1.62. The van der Waals surface area contributed by atoms with Gasteiger partial charge in [-0.3, -0.25) is 9.59 Å². The molecule has 0 aliphatic heterocycles. The molecule has 0 saturated carbocycles. The number of carbonyl (C=O) groups is 2. The van der Waals surface area contributed by atoms with Crippen molar-refractivity contribution in [3.8, 4) is 17.0 Å². The van der Waals surface area contributed by atoms with Crippen LogP contribution in [-0.4, -0.2) is 49.0 Å². The number of ether oxygens (including phenoxy) is 2. The van der Waals surface area contributed by atoms with Gasteiger partial charge in [0.2, 0.25) is 5.76 Å². The van der Waals surface area contributed by atoms with Crippen LogP contribution in [0.5, 0.6) is 5.88 Å². The molecular weight excluding hydrogens is 424 g/mol. The number of benzene rings is 2. The summed E-state index contributed by atoms with van der Waals surface area (Å²) < 4.78 is 15.1. The Balaban J connectivity index is 1.81. The van der Waals surface area contributed by atoms with Crippen molar-refractivity contribution in [2.45, 2.75) is 25.8 Å². The largest absolute Gasteiger partial charge is 0.481 e. The fraction of sp³-hybridized carbons (Fsp3) is 0.320. The lowest BCUT2D eigenvalue weighted by Crippen LogP contribution is -2.44. The zero-order valence-electron chi connectivity index (χ0n) is 18.9. The van der Waals surface area contributed by atoms with Gasteiger partial charge in [0.15, 0.2) is 0 Å². The van der Waals surface area contributed by atoms with Gasteiger partial charge in [0.1, 0.15) is 0 Å². The molecule has 0 radical (unpaired) electrons. The third-order valence-corrected chi connectivity index (χ3v) is 5.48. The van der Waals surface area contributed by atoms with Crippen LogP contribution in [0.2, 0.25) is 0 Å². The van der Waals surface area contributed by atoms with E-state index >= 15 is 0 Å². The number of aliphatic carboxylic acids is 1. The van der Waals surface area contributed by atoms with Crippen molar-refractivity contribution < 1.29 is 28.7 Å². The number of carboxylic acids is 1. The topological polar surface area (TPSA) is 111 Å². The predicted molar refractivity (Wildman–Crippen MR) is 122 cm³/mol. The molecule has 0 aliphatic rings. The highest BCUT2D eigenvalue weighted by molar-refractivity contribution is 5.91. The second-order valence-electron chi connectivity index (χ2n) is 8.17. The van der Waals surface area contributed by atoms with Gasteiger partial charge in [-0.15, -0.1) is 0 Å². The molecule has 2 atom stereocenters. The van der Waals surface area contributed by atoms with Gasteiger partial charge in [0.25, 0.3) is 11.8 Å². The highest BCUT2D eigenvalue weighted by Gasteiger charge is 2.37. The molecule has 174 valence electrons. The maximum atomic E-state index is 12.7. The Hall–Kier alpha value is -3.65. The van der Waals surface area contributed by atoms with Crippen molar-refractivity contribution in [2.75, 3.05) is 20.8 Å². The lowest BCUT2D eigenvalue weighted by atomic mass is 9.82. The monoisotopic (exact) mass is 452 g/mol. The third-order valence-electron chi connectivity index (χ3n) is 5.48. The second-order valence-corrected chi connectivity index (χ2v) is 8.17. The smallest absolute Gasteiger partial charge is 0.311 e. The first-order chi connectivity index (χ1) is 15.8. The molecule has 2 unspecified atom stereocenters. The van der Waals surface area contributed by atoms with E-state index in [1.165, 1.54) is 20.3 Å². The van der Waals surface area contributed by atoms with E-state index in [0.717, 1.165) is 16.7 Å². The summed E-state index contributed by atoms with van der Waals surface area (Å²) in [7, 11) is 2.88. The molecule has 0 aliphatic carbocycles. The summed E-state index contributed by atoms with van der Waals surface area (Å²) >= 11 is 0. The summed E-state index contributed by atoms with van der Waals surface area (Å²) in [4.78, 5) is 24.7. The van der Waals surface area contributed by atoms with Crippen LogP contribution in [0.4, 0.5) is 0 Å². The van der Waals surface area contributed by atoms with Gasteiger partial charge in [-0.2, -0.15) is 0 Å². The molecule has 3 rings (SSSR count). The zero-order valence-corrected chi connectivity index (χ0v) is 18.9. The highest BCUT2D eigenvalue weighted by atomic mass is 16.5. The Bertz CT molecular complexity index is 1060. The van der Waals surface area contributed by atoms with Crippen molar-refractivity contribution in [2.24, 2.45) is 5.41 Å². The Morgan fingerprint density at radius 1 is 1.09 bits per heavy atom. The minimum atomic E-state index is -1.18. The Labute approximate surface area is 192 Å². The van der Waals surface area contributed by atoms with Gasteiger partial charge in [-0.25, -0.2) is 0 Å². The molecule has 33 heavy (non-hydrogen) atoms. The lowest BCUT2D eigenvalue weighted by Gasteiger charge is -2.29. The van der Waals surface area contributed by atoms with Gasteiger partial charge in [0, 0.05) is 13.2 Å². The number of nitrogens with zero attached hydrogens (tertiary/aromatic N) is 1. The number of hydrogen-bond acceptors (Lipinski definition) is 6. The molecule has 8 nitrogen and oxygen atoms in total. The van der Waals surface area contributed by atoms with Crippen LogP contribution in [0.1, 0.15) is 29.5 Å². The maximum absolute atomic E-state index is 12.7. The highest BCUT2D eigenvalue weighted by Crippen LogP contribution is 2.27. The molecule has 2 N–H and O–H groups in total. The van der Waals surface area contributed by atoms with E-state index in [4.69, 9.17) is 14.0 Å². The summed E-state index contributed by atoms with van der Waals surface area (Å²) in [5.74, 6) is -1.32. The van der Waals surface area contributed by atoms with Gasteiger partial charge in [0.05, 0.1) is 25.2 Å². The zero-order chi connectivity index (χ0) is 23.8. The Morgan fingerprint density at radius 3 is 2.33 bits per heavy atom. The van der Waals surface area contributed by atoms with Gasteiger partial charge < -0.3 is 24.4 Å². The van der Waals surface area contributed by atoms with E-state index in [1.807, 2.05) is 54.6 Å². The standard InChI is InChI=1S/C25H28N2O6/c1-25(16-31-2,24(29)30)15-20(26-23(28)21-14-22(32-3)27-33-21)13-17-9-11-19(12-10-17)18-7-5-4-6-8-18/h4-12,14,20H,13,15-16H2,1-3H3,(H,26,28)(H,29,30). The summed E-state index contributed by atoms with van der Waals surface area (Å²) in [6, 6.07) is 18.9. The molecule has 0 spiro atoms. The van der Waals surface area contributed by atoms with E-state index in [0.29, 0.717) is 6.42 Å². The molecule has 1 heterocycles. The number of rotatable bonds is 11. The number of nitrogens with one attached hydrogen (secondary N) is 1. The van der Waals surface area contributed by atoms with Crippen LogP contribution in [0.3, 0.4) is 0 Å². The maximum Gasteiger partial charge on any atom is 0.311 e. The van der Waals surface area contributed by atoms with Crippen molar-refractivity contribution in [1.29, 1.82) is 0 Å². The van der Waals surface area contributed by atoms with Crippen LogP contribution in [0, 0.1) is 5.41 Å². The van der Waals surface area contributed by atoms with Crippen LogP contribution in [0.15, 0.2) is 65.2 Å². The van der Waals surface area contributed by atoms with E-state index in [9.17, 15) is 14.7 Å². The third kappa shape index (κ3) is 6.20. The van der Waals surface area contributed by atoms with Crippen molar-refractivity contribution in [3.63, 3.8) is 0 Å². The summed E-state index contributed by atoms with van der Waals surface area (Å²) in [5, 5.41) is 16.3. The average molecular weight is 453 g/mol. The number of aromatic nitrogens is 1. The molecule has 0 fully saturated rings. The van der Waals surface area contributed by atoms with Gasteiger partial charge in [-0.05, 0) is 41.6 Å². The van der Waals surface area contributed by atoms with Crippen LogP contribution in [0.25, 0.3) is 11.1 Å². The van der Waals surface area contributed by atoms with E-state index in [2.05, 4.69) is 10.5 Å². The van der Waals surface area contributed by atoms with Gasteiger partial charge in [-0.1, -0.05) is 54.6 Å². The minimum Gasteiger partial charge on any atom is -0.481 e. The molecule has 1 amide bonds. The quantitative estimate of drug-likeness (QED) is 0.455. The van der Waals surface area contributed by atoms with E-state index in [1.54, 1.807) is 6.92 Å². The number of carbonyl (C=O) groups excluding carboxylic acids is 1. The van der Waals surface area contributed by atoms with Crippen molar-refractivity contribution in [3.05, 3.63) is 72.0 Å². The van der Waals surface area contributed by atoms with Crippen molar-refractivity contribution >= 4 is 11.9 Å². The number of hydrogen-bond donors (Lipinski definition) is 2. The summed E-state index contributed by atoms with van der Waals surface area (Å²) in [6.07, 6.45) is 0.590. The molecule has 8 heteroatoms. The number of methoxy groups -OCH3 is 2. The molecule has 2 aromatic carbocycles. The first-order valence-electron chi connectivity index (χ1n) is 10.5. The number of amides is 1. The van der Waals surface area contributed by atoms with Crippen LogP contribution >= 0.6 is 0 Å². The minimum absolute atomic E-state index is 0.0117. The van der Waals surface area contributed by atoms with Crippen molar-refractivity contribution in [1.82, 2.24) is 10.5 Å². The number of carboxylic acid groups (broad SMARTS) is 1. The van der Waals surface area contributed by atoms with E-state index in [-0.39, 0.29) is 24.7 Å². The normalized spacial score (nSPS) is 13.7. The lowest BCUT2D eigenvalue weighted by molar-refractivity contribution is -0.152. The summed E-state index contributed by atoms with van der Waals surface area (Å²) in [5.41, 5.74) is 1.95. The van der Waals surface area contributed by atoms with Gasteiger partial charge >= 0.3 is 5.97 Å². The SMILES string of the molecule is COCC(C)(CC(Cc1ccc(-c2ccccc2)cc1)NC(=O)c1cc(OC)no1)C(=O)O. The first-order valence-corrected chi connectivity index (χ1v) is 10.5. The Kier molecular flexibility index (Phi) is 7.84. The van der Waals surface area contributed by atoms with Crippen LogP contribution in [-0.2, 0) is 16.0 Å². The predicted octanol–water partition coefficient (Wildman–Crippen LogP) is 3.82. The van der Waals surface area contributed by atoms with Crippen LogP contribution < -0.4 is 10.1 Å². The second kappa shape index (κ2) is 10.8. The first kappa shape index (κ1) is 24.0. The fourth-order valence-electron chi connectivity index (χ4n) is 3.71. The van der Waals surface area contributed by atoms with E-state index < -0.39 is 23.3 Å². The molecule has 1 aromatic heterocycles. The fourth-order valence-corrected chi connectivity index (χ4v) is 3.71. The molecular formula is C25H28N2O6.